The van der Waals surface area contributed by atoms with E-state index in [1.54, 1.807) is 0 Å². The van der Waals surface area contributed by atoms with E-state index in [0.29, 0.717) is 24.7 Å². The normalized spacial score (nSPS) is 0.750. The summed E-state index contributed by atoms with van der Waals surface area (Å²) in [4.78, 5) is 0. The van der Waals surface area contributed by atoms with E-state index in [1.165, 1.54) is 0 Å². The standard InChI is InChI=1S/La.Li.O.Zr.H/q;+1;;;-1. The Hall–Kier alpha value is 2.48. The third-order valence-electron chi connectivity index (χ3n) is 0. The summed E-state index contributed by atoms with van der Waals surface area (Å²) >= 11 is 0.300. The fraction of sp³-hybridized carbons (Fsp3) is 0. The zero-order valence-corrected chi connectivity index (χ0v) is 8.57. The van der Waals surface area contributed by atoms with Crippen molar-refractivity contribution in [2.75, 3.05) is 0 Å². The molecule has 1 nitrogen and oxygen atoms in total. The predicted octanol–water partition coefficient (Wildman–Crippen LogP) is -3.00. The Kier molecular flexibility index (Phi) is 71.9. The second kappa shape index (κ2) is 17.9. The third kappa shape index (κ3) is 8.82. The molecule has 0 amide bonds. The van der Waals surface area contributed by atoms with E-state index in [-0.39, 0.29) is 55.9 Å². The summed E-state index contributed by atoms with van der Waals surface area (Å²) in [5.74, 6) is 0. The van der Waals surface area contributed by atoms with Crippen molar-refractivity contribution in [3.63, 3.8) is 0 Å². The van der Waals surface area contributed by atoms with Crippen LogP contribution in [0.4, 0.5) is 0 Å². The van der Waals surface area contributed by atoms with E-state index < -0.39 is 0 Å². The van der Waals surface area contributed by atoms with Gasteiger partial charge in [0.2, 0.25) is 0 Å². The monoisotopic (exact) mass is 253 g/mol. The molecule has 0 rings (SSSR count). The second-order valence-corrected chi connectivity index (χ2v) is 0. The Morgan fingerprint density at radius 2 is 1.50 bits per heavy atom. The maximum atomic E-state index is 8.34. The van der Waals surface area contributed by atoms with Crippen LogP contribution in [0, 0.1) is 35.6 Å². The molecule has 0 aromatic rings. The van der Waals surface area contributed by atoms with Gasteiger partial charge < -0.3 is 1.43 Å². The fourth-order valence-corrected chi connectivity index (χ4v) is 0. The number of hydrogen-bond acceptors (Lipinski definition) is 1. The van der Waals surface area contributed by atoms with Crippen LogP contribution in [-0.2, 0) is 27.5 Å². The number of hydrogen-bond donors (Lipinski definition) is 0. The van der Waals surface area contributed by atoms with Gasteiger partial charge >= 0.3 is 46.4 Å². The Balaban J connectivity index is -0.00000000167. The Morgan fingerprint density at radius 3 is 1.50 bits per heavy atom. The zero-order valence-electron chi connectivity index (χ0n) is 3.49. The van der Waals surface area contributed by atoms with Crippen LogP contribution < -0.4 is 18.9 Å². The summed E-state index contributed by atoms with van der Waals surface area (Å²) in [7, 11) is 0. The van der Waals surface area contributed by atoms with E-state index in [2.05, 4.69) is 0 Å². The van der Waals surface area contributed by atoms with Gasteiger partial charge in [0.1, 0.15) is 0 Å². The average Bonchev–Trinajstić information content (AvgIpc) is 1.00. The average molecular weight is 254 g/mol. The molecule has 0 unspecified atom stereocenters. The Labute approximate surface area is 81.8 Å². The van der Waals surface area contributed by atoms with Crippen molar-refractivity contribution < 1.29 is 83.4 Å². The molecule has 0 aliphatic heterocycles. The van der Waals surface area contributed by atoms with Crippen LogP contribution in [0.5, 0.6) is 0 Å². The summed E-state index contributed by atoms with van der Waals surface area (Å²) < 4.78 is 8.34. The van der Waals surface area contributed by atoms with Gasteiger partial charge in [-0.15, -0.1) is 0 Å². The van der Waals surface area contributed by atoms with Gasteiger partial charge in [-0.25, -0.2) is 0 Å². The topological polar surface area (TPSA) is 17.1 Å². The van der Waals surface area contributed by atoms with Gasteiger partial charge in [0, 0.05) is 35.6 Å². The fourth-order valence-electron chi connectivity index (χ4n) is 0. The van der Waals surface area contributed by atoms with Crippen molar-refractivity contribution in [3.05, 3.63) is 0 Å². The summed E-state index contributed by atoms with van der Waals surface area (Å²) in [5, 5.41) is 0. The van der Waals surface area contributed by atoms with Crippen molar-refractivity contribution in [2.24, 2.45) is 0 Å². The minimum absolute atomic E-state index is 0. The maximum absolute atomic E-state index is 8.34. The third-order valence-corrected chi connectivity index (χ3v) is 0. The minimum atomic E-state index is 0. The van der Waals surface area contributed by atoms with Gasteiger partial charge in [0.25, 0.3) is 0 Å². The molecule has 4 heteroatoms. The van der Waals surface area contributed by atoms with Crippen LogP contribution in [0.2, 0.25) is 0 Å². The molecule has 0 saturated heterocycles. The summed E-state index contributed by atoms with van der Waals surface area (Å²) in [6.45, 7) is 0. The van der Waals surface area contributed by atoms with E-state index in [0.717, 1.165) is 0 Å². The van der Waals surface area contributed by atoms with Crippen molar-refractivity contribution in [1.82, 2.24) is 0 Å². The first-order valence-electron chi connectivity index (χ1n) is 0.204. The first-order valence-corrected chi connectivity index (χ1v) is 1.21. The van der Waals surface area contributed by atoms with Crippen LogP contribution >= 0.6 is 0 Å². The van der Waals surface area contributed by atoms with Crippen LogP contribution in [-0.4, -0.2) is 0 Å². The SMILES string of the molecule is [H-].[La].[Li+].[O]=[Zr]. The van der Waals surface area contributed by atoms with Gasteiger partial charge in [0.05, 0.1) is 0 Å². The molecular weight excluding hydrogens is 253 g/mol. The van der Waals surface area contributed by atoms with Crippen LogP contribution in [0.3, 0.4) is 0 Å². The van der Waals surface area contributed by atoms with Crippen molar-refractivity contribution in [1.29, 1.82) is 0 Å². The Morgan fingerprint density at radius 1 is 1.50 bits per heavy atom. The quantitative estimate of drug-likeness (QED) is 0.421. The summed E-state index contributed by atoms with van der Waals surface area (Å²) in [6.07, 6.45) is 0. The van der Waals surface area contributed by atoms with Crippen LogP contribution in [0.25, 0.3) is 0 Å². The Bertz CT molecular complexity index is 11.6. The van der Waals surface area contributed by atoms with Crippen molar-refractivity contribution in [2.45, 2.75) is 0 Å². The molecule has 0 fully saturated rings. The van der Waals surface area contributed by atoms with Crippen LogP contribution in [0.1, 0.15) is 1.43 Å². The van der Waals surface area contributed by atoms with Gasteiger partial charge in [0.15, 0.2) is 0 Å². The van der Waals surface area contributed by atoms with Gasteiger partial charge in [-0.05, 0) is 0 Å². The second-order valence-electron chi connectivity index (χ2n) is 0. The molecule has 4 heavy (non-hydrogen) atoms. The molecule has 0 atom stereocenters. The van der Waals surface area contributed by atoms with E-state index in [4.69, 9.17) is 2.81 Å². The van der Waals surface area contributed by atoms with E-state index >= 15 is 0 Å². The molecule has 1 radical (unpaired) electrons. The molecule has 0 aliphatic rings. The van der Waals surface area contributed by atoms with E-state index in [9.17, 15) is 0 Å². The first-order chi connectivity index (χ1) is 1.00. The molecule has 0 bridgehead atoms. The molecule has 0 saturated carbocycles. The molecule has 0 spiro atoms. The van der Waals surface area contributed by atoms with Crippen molar-refractivity contribution >= 4 is 0 Å². The molecule has 15 valence electrons. The summed E-state index contributed by atoms with van der Waals surface area (Å²) in [6, 6.07) is 0. The van der Waals surface area contributed by atoms with Crippen molar-refractivity contribution in [3.8, 4) is 0 Å². The molecule has 0 aliphatic carbocycles. The van der Waals surface area contributed by atoms with Gasteiger partial charge in [-0.2, -0.15) is 0 Å². The molecule has 0 heterocycles. The molecule has 0 N–H and O–H groups in total. The molecular formula is HLaLiOZr. The molecule has 0 aromatic carbocycles. The predicted molar refractivity (Wildman–Crippen MR) is 1.80 cm³/mol. The summed E-state index contributed by atoms with van der Waals surface area (Å²) in [5.41, 5.74) is 0. The number of rotatable bonds is 0. The molecule has 0 aromatic heterocycles. The zero-order chi connectivity index (χ0) is 2.00. The van der Waals surface area contributed by atoms with Gasteiger partial charge in [-0.3, -0.25) is 0 Å². The van der Waals surface area contributed by atoms with Crippen LogP contribution in [0.15, 0.2) is 0 Å². The van der Waals surface area contributed by atoms with E-state index in [1.807, 2.05) is 0 Å². The first kappa shape index (κ1) is 16.1. The van der Waals surface area contributed by atoms with Gasteiger partial charge in [-0.1, -0.05) is 0 Å².